The van der Waals surface area contributed by atoms with Crippen molar-refractivity contribution in [2.24, 2.45) is 0 Å². The summed E-state index contributed by atoms with van der Waals surface area (Å²) in [5, 5.41) is 3.33. The highest BCUT2D eigenvalue weighted by Gasteiger charge is 2.35. The quantitative estimate of drug-likeness (QED) is 0.242. The predicted molar refractivity (Wildman–Crippen MR) is 173 cm³/mol. The third kappa shape index (κ3) is 8.11. The Labute approximate surface area is 265 Å². The number of anilines is 1. The van der Waals surface area contributed by atoms with Crippen LogP contribution in [0, 0.1) is 13.8 Å². The zero-order valence-electron chi connectivity index (χ0n) is 24.9. The zero-order valence-corrected chi connectivity index (χ0v) is 27.2. The molecule has 1 fully saturated rings. The highest BCUT2D eigenvalue weighted by Crippen LogP contribution is 2.35. The zero-order chi connectivity index (χ0) is 31.1. The van der Waals surface area contributed by atoms with Gasteiger partial charge in [0.25, 0.3) is 10.0 Å². The Kier molecular flexibility index (Phi) is 11.2. The number of nitrogens with zero attached hydrogens (tertiary/aromatic N) is 2. The van der Waals surface area contributed by atoms with Crippen LogP contribution >= 0.6 is 23.2 Å². The summed E-state index contributed by atoms with van der Waals surface area (Å²) in [4.78, 5) is 29.4. The molecule has 1 saturated carbocycles. The first-order valence-corrected chi connectivity index (χ1v) is 16.9. The second-order valence-electron chi connectivity index (χ2n) is 11.2. The van der Waals surface area contributed by atoms with Crippen molar-refractivity contribution in [3.05, 3.63) is 93.5 Å². The molecule has 7 nitrogen and oxygen atoms in total. The van der Waals surface area contributed by atoms with Crippen molar-refractivity contribution in [1.82, 2.24) is 10.2 Å². The van der Waals surface area contributed by atoms with E-state index >= 15 is 0 Å². The molecule has 1 atom stereocenters. The van der Waals surface area contributed by atoms with Crippen molar-refractivity contribution >= 4 is 50.7 Å². The molecule has 230 valence electrons. The Morgan fingerprint density at radius 1 is 0.907 bits per heavy atom. The van der Waals surface area contributed by atoms with E-state index in [-0.39, 0.29) is 39.1 Å². The monoisotopic (exact) mass is 643 g/mol. The van der Waals surface area contributed by atoms with E-state index in [0.29, 0.717) is 6.42 Å². The van der Waals surface area contributed by atoms with E-state index in [4.69, 9.17) is 23.2 Å². The SMILES string of the molecule is CC[C@H](C(=O)NC1CCCCC1)N(Cc1ccc(C)cc1)C(=O)CN(c1cccc(Cl)c1Cl)S(=O)(=O)c1ccc(C)cc1. The van der Waals surface area contributed by atoms with Crippen molar-refractivity contribution < 1.29 is 18.0 Å². The molecule has 0 unspecified atom stereocenters. The van der Waals surface area contributed by atoms with E-state index in [0.717, 1.165) is 53.1 Å². The standard InChI is InChI=1S/C33H39Cl2N3O4S/c1-4-29(33(40)36-26-9-6-5-7-10-26)37(21-25-17-13-23(2)14-18-25)31(39)22-38(30-12-8-11-28(34)32(30)35)43(41,42)27-19-15-24(3)16-20-27/h8,11-20,26,29H,4-7,9-10,21-22H2,1-3H3,(H,36,40)/t29-/m1/s1. The smallest absolute Gasteiger partial charge is 0.264 e. The number of carbonyl (C=O) groups is 2. The van der Waals surface area contributed by atoms with Gasteiger partial charge < -0.3 is 10.2 Å². The summed E-state index contributed by atoms with van der Waals surface area (Å²) in [7, 11) is -4.25. The number of rotatable bonds is 11. The summed E-state index contributed by atoms with van der Waals surface area (Å²) in [6.07, 6.45) is 5.44. The van der Waals surface area contributed by atoms with Crippen LogP contribution in [0.3, 0.4) is 0 Å². The van der Waals surface area contributed by atoms with Gasteiger partial charge >= 0.3 is 0 Å². The lowest BCUT2D eigenvalue weighted by Gasteiger charge is -2.34. The summed E-state index contributed by atoms with van der Waals surface area (Å²) >= 11 is 12.8. The molecule has 3 aromatic rings. The van der Waals surface area contributed by atoms with Gasteiger partial charge in [0.1, 0.15) is 12.6 Å². The maximum absolute atomic E-state index is 14.3. The number of sulfonamides is 1. The van der Waals surface area contributed by atoms with Crippen LogP contribution in [-0.2, 0) is 26.2 Å². The molecular formula is C33H39Cl2N3O4S. The minimum absolute atomic E-state index is 0.00844. The van der Waals surface area contributed by atoms with E-state index in [1.807, 2.05) is 45.0 Å². The summed E-state index contributed by atoms with van der Waals surface area (Å²) in [6, 6.07) is 18.0. The van der Waals surface area contributed by atoms with Crippen molar-refractivity contribution in [3.8, 4) is 0 Å². The van der Waals surface area contributed by atoms with Crippen LogP contribution in [0.2, 0.25) is 10.0 Å². The van der Waals surface area contributed by atoms with Crippen LogP contribution in [0.1, 0.15) is 62.1 Å². The largest absolute Gasteiger partial charge is 0.352 e. The molecule has 0 aliphatic heterocycles. The molecule has 0 bridgehead atoms. The fourth-order valence-corrected chi connectivity index (χ4v) is 7.26. The first kappa shape index (κ1) is 32.8. The number of amides is 2. The summed E-state index contributed by atoms with van der Waals surface area (Å²) in [5.74, 6) is -0.762. The van der Waals surface area contributed by atoms with Crippen molar-refractivity contribution in [1.29, 1.82) is 0 Å². The van der Waals surface area contributed by atoms with Gasteiger partial charge in [-0.2, -0.15) is 0 Å². The minimum atomic E-state index is -4.25. The topological polar surface area (TPSA) is 86.8 Å². The number of nitrogens with one attached hydrogen (secondary N) is 1. The van der Waals surface area contributed by atoms with E-state index < -0.39 is 28.5 Å². The second-order valence-corrected chi connectivity index (χ2v) is 13.8. The average Bonchev–Trinajstić information content (AvgIpc) is 2.99. The highest BCUT2D eigenvalue weighted by molar-refractivity contribution is 7.92. The normalized spacial score (nSPS) is 14.6. The minimum Gasteiger partial charge on any atom is -0.352 e. The number of aryl methyl sites for hydroxylation is 2. The lowest BCUT2D eigenvalue weighted by molar-refractivity contribution is -0.140. The first-order valence-electron chi connectivity index (χ1n) is 14.7. The predicted octanol–water partition coefficient (Wildman–Crippen LogP) is 7.06. The summed E-state index contributed by atoms with van der Waals surface area (Å²) in [6.45, 7) is 5.25. The Morgan fingerprint density at radius 2 is 1.51 bits per heavy atom. The molecule has 3 aromatic carbocycles. The molecule has 2 amide bonds. The number of hydrogen-bond donors (Lipinski definition) is 1. The van der Waals surface area contributed by atoms with E-state index in [1.54, 1.807) is 24.3 Å². The molecule has 4 rings (SSSR count). The van der Waals surface area contributed by atoms with Crippen molar-refractivity contribution in [3.63, 3.8) is 0 Å². The molecule has 43 heavy (non-hydrogen) atoms. The van der Waals surface area contributed by atoms with Gasteiger partial charge in [0.05, 0.1) is 20.6 Å². The van der Waals surface area contributed by atoms with E-state index in [1.165, 1.54) is 23.1 Å². The molecule has 1 aliphatic carbocycles. The number of carbonyl (C=O) groups excluding carboxylic acids is 2. The Hall–Kier alpha value is -3.07. The van der Waals surface area contributed by atoms with Gasteiger partial charge in [-0.1, -0.05) is 103 Å². The molecular weight excluding hydrogens is 605 g/mol. The van der Waals surface area contributed by atoms with Gasteiger partial charge in [0.2, 0.25) is 11.8 Å². The lowest BCUT2D eigenvalue weighted by atomic mass is 9.95. The maximum atomic E-state index is 14.3. The molecule has 1 aliphatic rings. The van der Waals surface area contributed by atoms with Gasteiger partial charge in [-0.25, -0.2) is 8.42 Å². The van der Waals surface area contributed by atoms with Gasteiger partial charge in [0.15, 0.2) is 0 Å². The number of benzene rings is 3. The molecule has 0 spiro atoms. The number of halogens is 2. The van der Waals surface area contributed by atoms with Crippen LogP contribution in [0.15, 0.2) is 71.6 Å². The van der Waals surface area contributed by atoms with E-state index in [9.17, 15) is 18.0 Å². The van der Waals surface area contributed by atoms with Crippen LogP contribution < -0.4 is 9.62 Å². The highest BCUT2D eigenvalue weighted by atomic mass is 35.5. The second kappa shape index (κ2) is 14.6. The van der Waals surface area contributed by atoms with Crippen molar-refractivity contribution in [2.75, 3.05) is 10.8 Å². The molecule has 10 heteroatoms. The maximum Gasteiger partial charge on any atom is 0.264 e. The van der Waals surface area contributed by atoms with Crippen LogP contribution in [0.25, 0.3) is 0 Å². The Bertz CT molecular complexity index is 1520. The summed E-state index contributed by atoms with van der Waals surface area (Å²) < 4.78 is 29.1. The van der Waals surface area contributed by atoms with Gasteiger partial charge in [-0.05, 0) is 62.9 Å². The van der Waals surface area contributed by atoms with Gasteiger partial charge in [-0.15, -0.1) is 0 Å². The summed E-state index contributed by atoms with van der Waals surface area (Å²) in [5.41, 5.74) is 2.87. The van der Waals surface area contributed by atoms with Crippen LogP contribution in [0.4, 0.5) is 5.69 Å². The fraction of sp³-hybridized carbons (Fsp3) is 0.394. The number of hydrogen-bond acceptors (Lipinski definition) is 4. The Morgan fingerprint density at radius 3 is 2.12 bits per heavy atom. The van der Waals surface area contributed by atoms with Gasteiger partial charge in [-0.3, -0.25) is 13.9 Å². The first-order chi connectivity index (χ1) is 20.5. The van der Waals surface area contributed by atoms with Gasteiger partial charge in [0, 0.05) is 12.6 Å². The molecule has 0 radical (unpaired) electrons. The Balaban J connectivity index is 1.73. The third-order valence-corrected chi connectivity index (χ3v) is 10.5. The average molecular weight is 645 g/mol. The molecule has 0 heterocycles. The molecule has 0 aromatic heterocycles. The third-order valence-electron chi connectivity index (χ3n) is 7.90. The van der Waals surface area contributed by atoms with E-state index in [2.05, 4.69) is 5.32 Å². The fourth-order valence-electron chi connectivity index (χ4n) is 5.39. The lowest BCUT2D eigenvalue weighted by Crippen LogP contribution is -2.54. The molecule has 0 saturated heterocycles. The van der Waals surface area contributed by atoms with Crippen LogP contribution in [0.5, 0.6) is 0 Å². The molecule has 1 N–H and O–H groups in total. The van der Waals surface area contributed by atoms with Crippen molar-refractivity contribution in [2.45, 2.75) is 82.8 Å². The van der Waals surface area contributed by atoms with Crippen LogP contribution in [-0.4, -0.2) is 43.8 Å².